The van der Waals surface area contributed by atoms with Gasteiger partial charge in [-0.1, -0.05) is 0 Å². The summed E-state index contributed by atoms with van der Waals surface area (Å²) >= 11 is -6.44. The van der Waals surface area contributed by atoms with Gasteiger partial charge in [0, 0.05) is 0 Å². The molecule has 0 saturated heterocycles. The van der Waals surface area contributed by atoms with Gasteiger partial charge >= 0.3 is 163 Å². The Morgan fingerprint density at radius 1 is 0.577 bits per heavy atom. The van der Waals surface area contributed by atoms with Gasteiger partial charge in [-0.05, 0) is 0 Å². The van der Waals surface area contributed by atoms with Crippen molar-refractivity contribution in [2.75, 3.05) is 0 Å². The van der Waals surface area contributed by atoms with Crippen LogP contribution < -0.4 is 0 Å². The van der Waals surface area contributed by atoms with Crippen molar-refractivity contribution in [1.82, 2.24) is 0 Å². The number of halogens is 2. The van der Waals surface area contributed by atoms with E-state index in [-0.39, 0.29) is 0 Å². The number of rotatable bonds is 3. The zero-order valence-corrected chi connectivity index (χ0v) is 22.4. The van der Waals surface area contributed by atoms with Gasteiger partial charge in [0.25, 0.3) is 0 Å². The number of allylic oxidation sites excluding steroid dienone is 8. The molecule has 0 radical (unpaired) electrons. The first-order valence-electron chi connectivity index (χ1n) is 9.82. The van der Waals surface area contributed by atoms with Crippen LogP contribution >= 0.6 is 0 Å². The van der Waals surface area contributed by atoms with Crippen molar-refractivity contribution in [3.05, 3.63) is 44.6 Å². The normalized spacial score (nSPS) is 25.0. The Morgan fingerprint density at radius 2 is 0.769 bits per heavy atom. The van der Waals surface area contributed by atoms with E-state index >= 15 is 5.25 Å². The molecule has 4 heteroatoms. The molecule has 0 N–H and O–H groups in total. The average Bonchev–Trinajstić information content (AvgIpc) is 2.83. The summed E-state index contributed by atoms with van der Waals surface area (Å²) < 4.78 is 33.8. The minimum absolute atomic E-state index is 0.938. The first-order valence-corrected chi connectivity index (χ1v) is 21.3. The summed E-state index contributed by atoms with van der Waals surface area (Å²) in [7, 11) is 0. The van der Waals surface area contributed by atoms with E-state index in [0.29, 0.717) is 0 Å². The Kier molecular flexibility index (Phi) is 5.09. The predicted molar refractivity (Wildman–Crippen MR) is 111 cm³/mol. The summed E-state index contributed by atoms with van der Waals surface area (Å²) in [4.78, 5) is 0. The summed E-state index contributed by atoms with van der Waals surface area (Å²) in [5.74, 6) is -2.28. The van der Waals surface area contributed by atoms with Gasteiger partial charge in [-0.2, -0.15) is 0 Å². The first-order chi connectivity index (χ1) is 11.5. The molecule has 0 unspecified atom stereocenters. The summed E-state index contributed by atoms with van der Waals surface area (Å²) in [6, 6.07) is 0. The molecule has 0 aromatic rings. The van der Waals surface area contributed by atoms with E-state index < -0.39 is 31.3 Å². The van der Waals surface area contributed by atoms with Crippen molar-refractivity contribution < 1.29 is 24.4 Å². The topological polar surface area (TPSA) is 0 Å². The summed E-state index contributed by atoms with van der Waals surface area (Å²) in [5.41, 5.74) is 8.12. The van der Waals surface area contributed by atoms with E-state index in [9.17, 15) is 0 Å². The van der Waals surface area contributed by atoms with Crippen LogP contribution in [0.25, 0.3) is 0 Å². The average molecular weight is 459 g/mol. The van der Waals surface area contributed by atoms with Crippen LogP contribution in [0, 0.1) is 0 Å². The predicted octanol–water partition coefficient (Wildman–Crippen LogP) is 8.16. The van der Waals surface area contributed by atoms with Crippen LogP contribution in [0.5, 0.6) is 0 Å². The van der Waals surface area contributed by atoms with Crippen molar-refractivity contribution in [2.24, 2.45) is 0 Å². The molecule has 2 aliphatic rings. The molecule has 0 atom stereocenters. The Morgan fingerprint density at radius 3 is 0.923 bits per heavy atom. The van der Waals surface area contributed by atoms with Gasteiger partial charge in [0.1, 0.15) is 0 Å². The van der Waals surface area contributed by atoms with Gasteiger partial charge in [-0.15, -0.1) is 0 Å². The number of hydrogen-bond acceptors (Lipinski definition) is 0. The zero-order valence-electron chi connectivity index (χ0n) is 18.8. The summed E-state index contributed by atoms with van der Waals surface area (Å²) in [6.07, 6.45) is 0. The summed E-state index contributed by atoms with van der Waals surface area (Å²) in [5, 5.41) is 0. The van der Waals surface area contributed by atoms with Crippen molar-refractivity contribution in [2.45, 2.75) is 88.6 Å². The van der Waals surface area contributed by atoms with Gasteiger partial charge in [0.15, 0.2) is 0 Å². The van der Waals surface area contributed by atoms with Gasteiger partial charge in [-0.25, -0.2) is 0 Å². The van der Waals surface area contributed by atoms with Crippen LogP contribution in [0.1, 0.15) is 69.2 Å². The molecule has 2 aliphatic carbocycles. The van der Waals surface area contributed by atoms with Crippen LogP contribution in [0.4, 0.5) is 5.25 Å². The molecule has 0 fully saturated rings. The molecule has 0 aromatic heterocycles. The summed E-state index contributed by atoms with van der Waals surface area (Å²) in [6.45, 7) is 23.7. The maximum absolute atomic E-state index is 17.9. The van der Waals surface area contributed by atoms with E-state index in [2.05, 4.69) is 0 Å². The quantitative estimate of drug-likeness (QED) is 0.374. The van der Waals surface area contributed by atoms with Crippen LogP contribution in [0.2, 0.25) is 19.3 Å². The second-order valence-corrected chi connectivity index (χ2v) is 36.5. The maximum atomic E-state index is 17.9. The van der Waals surface area contributed by atoms with Gasteiger partial charge in [0.05, 0.1) is 0 Å². The van der Waals surface area contributed by atoms with E-state index in [1.807, 2.05) is 82.3 Å². The molecule has 0 nitrogen and oxygen atoms in total. The van der Waals surface area contributed by atoms with Crippen LogP contribution in [-0.4, -0.2) is 5.92 Å². The van der Waals surface area contributed by atoms with E-state index in [0.717, 1.165) is 44.6 Å². The van der Waals surface area contributed by atoms with Gasteiger partial charge in [-0.3, -0.25) is 0 Å². The second kappa shape index (κ2) is 5.96. The molecule has 147 valence electrons. The third-order valence-electron chi connectivity index (χ3n) is 9.22. The third-order valence-corrected chi connectivity index (χ3v) is 45.7. The number of hydrogen-bond donors (Lipinski definition) is 0. The molecular weight excluding hydrogens is 422 g/mol. The van der Waals surface area contributed by atoms with E-state index in [1.165, 1.54) is 0 Å². The molecule has 0 aliphatic heterocycles. The Hall–Kier alpha value is -0.0800. The fourth-order valence-corrected chi connectivity index (χ4v) is 41.7. The van der Waals surface area contributed by atoms with Crippen molar-refractivity contribution in [3.8, 4) is 0 Å². The first kappa shape index (κ1) is 22.2. The standard InChI is InChI=1S/2C10H15.C2H7Si.2FH.Zr/c2*1-6-7(2)9(4)10(5)8(6)3;1-3-2;;;/h2*1-5H3;3H,1-2H3;2*1H;/q;;;;;+2/p-2. The third kappa shape index (κ3) is 1.97. The van der Waals surface area contributed by atoms with Crippen LogP contribution in [-0.2, 0) is 19.2 Å². The molecule has 2 rings (SSSR count). The minimum atomic E-state index is -6.44. The van der Waals surface area contributed by atoms with Crippen LogP contribution in [0.3, 0.4) is 0 Å². The second-order valence-electron chi connectivity index (χ2n) is 9.49. The Bertz CT molecular complexity index is 711. The molecule has 0 heterocycles. The molecule has 0 amide bonds. The fourth-order valence-electron chi connectivity index (χ4n) is 6.22. The van der Waals surface area contributed by atoms with Crippen molar-refractivity contribution in [3.63, 3.8) is 0 Å². The molecular formula is C22H37F2SiZr. The van der Waals surface area contributed by atoms with E-state index in [4.69, 9.17) is 0 Å². The monoisotopic (exact) mass is 457 g/mol. The molecule has 0 bridgehead atoms. The van der Waals surface area contributed by atoms with E-state index in [1.54, 1.807) is 0 Å². The molecule has 0 aromatic carbocycles. The van der Waals surface area contributed by atoms with Gasteiger partial charge < -0.3 is 0 Å². The van der Waals surface area contributed by atoms with Crippen molar-refractivity contribution in [1.29, 1.82) is 0 Å². The van der Waals surface area contributed by atoms with Gasteiger partial charge in [0.2, 0.25) is 0 Å². The van der Waals surface area contributed by atoms with Crippen molar-refractivity contribution >= 4 is 5.92 Å². The Balaban J connectivity index is 3.07. The SMILES string of the molecule is CC1=C(C)[C](C)([Zr]([F])([F])([SiH](C)C)[C]2(C)C(C)=C(C)C(C)=C2C)C(C)=C1C. The van der Waals surface area contributed by atoms with Crippen LogP contribution in [0.15, 0.2) is 44.6 Å². The molecule has 26 heavy (non-hydrogen) atoms. The molecule has 0 spiro atoms. The Labute approximate surface area is 163 Å². The fraction of sp³-hybridized carbons (Fsp3) is 0.636. The molecule has 0 saturated carbocycles. The zero-order chi connectivity index (χ0) is 20.6.